The lowest BCUT2D eigenvalue weighted by molar-refractivity contribution is -0.153. The molecule has 0 aliphatic rings. The van der Waals surface area contributed by atoms with Crippen LogP contribution in [0.25, 0.3) is 0 Å². The number of hydrogen-bond donors (Lipinski definition) is 1. The Balaban J connectivity index is 4.09. The van der Waals surface area contributed by atoms with Gasteiger partial charge in [-0.1, -0.05) is 6.58 Å². The number of aliphatic hydroxyl groups is 1. The molecule has 0 amide bonds. The first-order chi connectivity index (χ1) is 5.99. The number of ether oxygens (including phenoxy) is 1. The Morgan fingerprint density at radius 3 is 2.46 bits per heavy atom. The van der Waals surface area contributed by atoms with Crippen LogP contribution >= 0.6 is 0 Å². The molecule has 0 spiro atoms. The van der Waals surface area contributed by atoms with Gasteiger partial charge in [0.1, 0.15) is 0 Å². The predicted octanol–water partition coefficient (Wildman–Crippen LogP) is 0.376. The van der Waals surface area contributed by atoms with Crippen LogP contribution in [-0.4, -0.2) is 42.9 Å². The summed E-state index contributed by atoms with van der Waals surface area (Å²) in [5.74, 6) is -0.424. The summed E-state index contributed by atoms with van der Waals surface area (Å²) in [6.07, 6.45) is 0.0284. The highest BCUT2D eigenvalue weighted by Gasteiger charge is 2.15. The third-order valence-electron chi connectivity index (χ3n) is 1.54. The van der Waals surface area contributed by atoms with E-state index in [0.717, 1.165) is 0 Å². The van der Waals surface area contributed by atoms with E-state index in [1.165, 1.54) is 0 Å². The highest BCUT2D eigenvalue weighted by molar-refractivity contribution is 5.87. The minimum Gasteiger partial charge on any atom is -0.443 e. The predicted molar refractivity (Wildman–Crippen MR) is 50.1 cm³/mol. The van der Waals surface area contributed by atoms with Crippen LogP contribution in [0.1, 0.15) is 13.3 Å². The average Bonchev–Trinajstić information content (AvgIpc) is 2.03. The summed E-state index contributed by atoms with van der Waals surface area (Å²) in [5.41, 5.74) is 0.366. The van der Waals surface area contributed by atoms with Crippen molar-refractivity contribution >= 4 is 5.97 Å². The highest BCUT2D eigenvalue weighted by atomic mass is 16.6. The molecule has 0 aromatic carbocycles. The first-order valence-corrected chi connectivity index (χ1v) is 4.12. The van der Waals surface area contributed by atoms with E-state index in [9.17, 15) is 4.79 Å². The fraction of sp³-hybridized carbons (Fsp3) is 0.667. The SMILES string of the molecule is C=C(C)C(=O)OC(CCO)N(C)C. The van der Waals surface area contributed by atoms with Crippen LogP contribution in [0, 0.1) is 0 Å². The van der Waals surface area contributed by atoms with Crippen LogP contribution in [-0.2, 0) is 9.53 Å². The van der Waals surface area contributed by atoms with E-state index >= 15 is 0 Å². The van der Waals surface area contributed by atoms with Crippen LogP contribution in [0.2, 0.25) is 0 Å². The van der Waals surface area contributed by atoms with Crippen LogP contribution in [0.4, 0.5) is 0 Å². The first-order valence-electron chi connectivity index (χ1n) is 4.12. The molecule has 4 nitrogen and oxygen atoms in total. The number of rotatable bonds is 5. The van der Waals surface area contributed by atoms with Gasteiger partial charge in [-0.2, -0.15) is 0 Å². The maximum absolute atomic E-state index is 11.1. The Bertz CT molecular complexity index is 189. The Labute approximate surface area is 78.8 Å². The zero-order valence-corrected chi connectivity index (χ0v) is 8.41. The summed E-state index contributed by atoms with van der Waals surface area (Å²) in [4.78, 5) is 12.8. The van der Waals surface area contributed by atoms with E-state index in [0.29, 0.717) is 12.0 Å². The number of esters is 1. The maximum Gasteiger partial charge on any atom is 0.334 e. The second kappa shape index (κ2) is 5.72. The van der Waals surface area contributed by atoms with Gasteiger partial charge in [0.05, 0.1) is 0 Å². The molecule has 76 valence electrons. The molecule has 0 radical (unpaired) electrons. The molecule has 0 heterocycles. The quantitative estimate of drug-likeness (QED) is 0.384. The van der Waals surface area contributed by atoms with E-state index in [-0.39, 0.29) is 12.8 Å². The van der Waals surface area contributed by atoms with Crippen molar-refractivity contribution in [2.75, 3.05) is 20.7 Å². The van der Waals surface area contributed by atoms with E-state index in [1.54, 1.807) is 25.9 Å². The van der Waals surface area contributed by atoms with Gasteiger partial charge in [0.2, 0.25) is 0 Å². The minimum atomic E-state index is -0.424. The number of aliphatic hydroxyl groups excluding tert-OH is 1. The third-order valence-corrected chi connectivity index (χ3v) is 1.54. The third kappa shape index (κ3) is 4.65. The van der Waals surface area contributed by atoms with Gasteiger partial charge < -0.3 is 9.84 Å². The normalized spacial score (nSPS) is 12.7. The van der Waals surface area contributed by atoms with Gasteiger partial charge in [0.25, 0.3) is 0 Å². The summed E-state index contributed by atoms with van der Waals surface area (Å²) in [6, 6.07) is 0. The Morgan fingerprint density at radius 1 is 1.62 bits per heavy atom. The Kier molecular flexibility index (Phi) is 5.34. The molecule has 0 aliphatic heterocycles. The van der Waals surface area contributed by atoms with Crippen molar-refractivity contribution in [3.05, 3.63) is 12.2 Å². The molecule has 4 heteroatoms. The molecule has 1 atom stereocenters. The molecule has 0 bridgehead atoms. The lowest BCUT2D eigenvalue weighted by atomic mass is 10.3. The number of carbonyl (C=O) groups is 1. The number of carbonyl (C=O) groups excluding carboxylic acids is 1. The molecular formula is C9H17NO3. The zero-order valence-electron chi connectivity index (χ0n) is 8.41. The highest BCUT2D eigenvalue weighted by Crippen LogP contribution is 2.04. The van der Waals surface area contributed by atoms with Crippen LogP contribution in [0.3, 0.4) is 0 Å². The van der Waals surface area contributed by atoms with Gasteiger partial charge in [-0.3, -0.25) is 4.90 Å². The van der Waals surface area contributed by atoms with Crippen molar-refractivity contribution in [1.29, 1.82) is 0 Å². The molecule has 0 saturated carbocycles. The molecule has 1 N–H and O–H groups in total. The zero-order chi connectivity index (χ0) is 10.4. The maximum atomic E-state index is 11.1. The van der Waals surface area contributed by atoms with Crippen molar-refractivity contribution in [3.63, 3.8) is 0 Å². The van der Waals surface area contributed by atoms with E-state index in [1.807, 2.05) is 0 Å². The summed E-state index contributed by atoms with van der Waals surface area (Å²) in [7, 11) is 3.57. The molecule has 0 aliphatic carbocycles. The molecule has 0 saturated heterocycles. The van der Waals surface area contributed by atoms with E-state index in [2.05, 4.69) is 6.58 Å². The van der Waals surface area contributed by atoms with Gasteiger partial charge in [-0.05, 0) is 21.0 Å². The minimum absolute atomic E-state index is 0.00762. The number of hydrogen-bond acceptors (Lipinski definition) is 4. The van der Waals surface area contributed by atoms with Crippen LogP contribution < -0.4 is 0 Å². The largest absolute Gasteiger partial charge is 0.443 e. The summed E-state index contributed by atoms with van der Waals surface area (Å²) >= 11 is 0. The number of nitrogens with zero attached hydrogens (tertiary/aromatic N) is 1. The fourth-order valence-corrected chi connectivity index (χ4v) is 0.757. The molecule has 0 fully saturated rings. The lowest BCUT2D eigenvalue weighted by Gasteiger charge is -2.23. The Hall–Kier alpha value is -0.870. The van der Waals surface area contributed by atoms with Crippen molar-refractivity contribution in [1.82, 2.24) is 4.90 Å². The first kappa shape index (κ1) is 12.1. The summed E-state index contributed by atoms with van der Waals surface area (Å²) in [5, 5.41) is 8.70. The Morgan fingerprint density at radius 2 is 2.15 bits per heavy atom. The molecular weight excluding hydrogens is 170 g/mol. The smallest absolute Gasteiger partial charge is 0.334 e. The van der Waals surface area contributed by atoms with Crippen molar-refractivity contribution < 1.29 is 14.6 Å². The summed E-state index contributed by atoms with van der Waals surface area (Å²) < 4.78 is 5.04. The standard InChI is InChI=1S/C9H17NO3/c1-7(2)9(12)13-8(5-6-11)10(3)4/h8,11H,1,5-6H2,2-4H3. The second-order valence-electron chi connectivity index (χ2n) is 3.12. The second-order valence-corrected chi connectivity index (χ2v) is 3.12. The van der Waals surface area contributed by atoms with Crippen molar-refractivity contribution in [2.45, 2.75) is 19.6 Å². The van der Waals surface area contributed by atoms with Crippen LogP contribution in [0.15, 0.2) is 12.2 Å². The van der Waals surface area contributed by atoms with E-state index in [4.69, 9.17) is 9.84 Å². The van der Waals surface area contributed by atoms with Crippen LogP contribution in [0.5, 0.6) is 0 Å². The molecule has 0 aromatic heterocycles. The van der Waals surface area contributed by atoms with E-state index < -0.39 is 5.97 Å². The van der Waals surface area contributed by atoms with Gasteiger partial charge in [-0.25, -0.2) is 4.79 Å². The molecule has 0 aromatic rings. The molecule has 1 unspecified atom stereocenters. The molecule has 13 heavy (non-hydrogen) atoms. The summed E-state index contributed by atoms with van der Waals surface area (Å²) in [6.45, 7) is 5.06. The van der Waals surface area contributed by atoms with Crippen molar-refractivity contribution in [2.24, 2.45) is 0 Å². The monoisotopic (exact) mass is 187 g/mol. The van der Waals surface area contributed by atoms with Gasteiger partial charge in [0.15, 0.2) is 6.23 Å². The average molecular weight is 187 g/mol. The lowest BCUT2D eigenvalue weighted by Crippen LogP contribution is -2.33. The topological polar surface area (TPSA) is 49.8 Å². The fourth-order valence-electron chi connectivity index (χ4n) is 0.757. The van der Waals surface area contributed by atoms with Crippen molar-refractivity contribution in [3.8, 4) is 0 Å². The molecule has 0 rings (SSSR count). The van der Waals surface area contributed by atoms with Gasteiger partial charge in [-0.15, -0.1) is 0 Å². The van der Waals surface area contributed by atoms with Gasteiger partial charge in [0, 0.05) is 18.6 Å². The van der Waals surface area contributed by atoms with Gasteiger partial charge >= 0.3 is 5.97 Å².